The second-order valence-electron chi connectivity index (χ2n) is 18.1. The summed E-state index contributed by atoms with van der Waals surface area (Å²) < 4.78 is 0. The molecular formula is C54H103NO4. The minimum absolute atomic E-state index is 0.362. The van der Waals surface area contributed by atoms with Crippen LogP contribution >= 0.6 is 0 Å². The molecule has 0 aromatic carbocycles. The zero-order chi connectivity index (χ0) is 43.0. The number of carbonyl (C=O) groups excluding carboxylic acids is 1. The lowest BCUT2D eigenvalue weighted by Crippen LogP contribution is -2.48. The first kappa shape index (κ1) is 57.6. The van der Waals surface area contributed by atoms with Gasteiger partial charge in [0.25, 0.3) is 0 Å². The fourth-order valence-corrected chi connectivity index (χ4v) is 8.10. The predicted molar refractivity (Wildman–Crippen MR) is 259 cm³/mol. The molecule has 1 amide bonds. The monoisotopic (exact) mass is 830 g/mol. The molecule has 0 aliphatic carbocycles. The van der Waals surface area contributed by atoms with E-state index in [0.717, 1.165) is 38.5 Å². The van der Waals surface area contributed by atoms with E-state index >= 15 is 0 Å². The fourth-order valence-electron chi connectivity index (χ4n) is 8.10. The molecule has 0 fully saturated rings. The van der Waals surface area contributed by atoms with Crippen molar-refractivity contribution in [3.05, 3.63) is 36.5 Å². The molecule has 0 saturated carbocycles. The first-order chi connectivity index (χ1) is 29.1. The Morgan fingerprint density at radius 1 is 0.424 bits per heavy atom. The zero-order valence-corrected chi connectivity index (χ0v) is 39.6. The summed E-state index contributed by atoms with van der Waals surface area (Å²) in [5.41, 5.74) is 0. The van der Waals surface area contributed by atoms with Crippen LogP contribution in [-0.2, 0) is 4.79 Å². The van der Waals surface area contributed by atoms with E-state index in [9.17, 15) is 20.1 Å². The molecule has 3 unspecified atom stereocenters. The summed E-state index contributed by atoms with van der Waals surface area (Å²) in [6, 6.07) is -0.797. The Balaban J connectivity index is 3.56. The Bertz CT molecular complexity index is 916. The largest absolute Gasteiger partial charge is 0.394 e. The molecule has 4 N–H and O–H groups in total. The Labute approximate surface area is 368 Å². The van der Waals surface area contributed by atoms with E-state index in [0.29, 0.717) is 6.42 Å². The van der Waals surface area contributed by atoms with E-state index in [1.807, 2.05) is 6.08 Å². The van der Waals surface area contributed by atoms with E-state index in [1.165, 1.54) is 218 Å². The molecule has 0 bridgehead atoms. The molecule has 59 heavy (non-hydrogen) atoms. The van der Waals surface area contributed by atoms with Crippen LogP contribution in [0.3, 0.4) is 0 Å². The highest BCUT2D eigenvalue weighted by molar-refractivity contribution is 5.80. The first-order valence-corrected chi connectivity index (χ1v) is 26.3. The van der Waals surface area contributed by atoms with Gasteiger partial charge in [-0.25, -0.2) is 0 Å². The summed E-state index contributed by atoms with van der Waals surface area (Å²) >= 11 is 0. The normalized spacial score (nSPS) is 13.6. The Morgan fingerprint density at radius 2 is 0.729 bits per heavy atom. The average molecular weight is 830 g/mol. The topological polar surface area (TPSA) is 89.8 Å². The summed E-state index contributed by atoms with van der Waals surface area (Å²) in [6.45, 7) is 4.20. The van der Waals surface area contributed by atoms with Crippen molar-refractivity contribution in [1.29, 1.82) is 0 Å². The molecule has 0 aliphatic rings. The van der Waals surface area contributed by atoms with Crippen molar-refractivity contribution in [2.75, 3.05) is 6.61 Å². The van der Waals surface area contributed by atoms with Crippen molar-refractivity contribution in [3.8, 4) is 0 Å². The second-order valence-corrected chi connectivity index (χ2v) is 18.1. The number of amides is 1. The Kier molecular flexibility index (Phi) is 48.0. The third-order valence-electron chi connectivity index (χ3n) is 12.2. The van der Waals surface area contributed by atoms with Gasteiger partial charge in [0.05, 0.1) is 18.8 Å². The highest BCUT2D eigenvalue weighted by Gasteiger charge is 2.22. The molecule has 0 aromatic heterocycles. The highest BCUT2D eigenvalue weighted by Crippen LogP contribution is 2.16. The van der Waals surface area contributed by atoms with Gasteiger partial charge in [-0.05, 0) is 51.4 Å². The van der Waals surface area contributed by atoms with E-state index < -0.39 is 24.2 Å². The second kappa shape index (κ2) is 49.2. The lowest BCUT2D eigenvalue weighted by Gasteiger charge is -2.21. The molecule has 0 aliphatic heterocycles. The maximum absolute atomic E-state index is 12.5. The maximum Gasteiger partial charge on any atom is 0.249 e. The number of carbonyl (C=O) groups is 1. The SMILES string of the molecule is CCCCCCCCCCC/C=C\C/C=C\CCCCCCCCCCCCCCCCC(O)C(=O)NC(CO)C(O)/C=C/CCCCCCCCCCCCCCC. The van der Waals surface area contributed by atoms with Crippen molar-refractivity contribution in [1.82, 2.24) is 5.32 Å². The molecular weight excluding hydrogens is 727 g/mol. The summed E-state index contributed by atoms with van der Waals surface area (Å²) in [5, 5.41) is 33.3. The molecule has 0 saturated heterocycles. The number of allylic oxidation sites excluding steroid dienone is 5. The van der Waals surface area contributed by atoms with Gasteiger partial charge in [-0.1, -0.05) is 262 Å². The number of nitrogens with one attached hydrogen (secondary N) is 1. The summed E-state index contributed by atoms with van der Waals surface area (Å²) in [6.07, 6.45) is 63.5. The number of hydrogen-bond acceptors (Lipinski definition) is 4. The highest BCUT2D eigenvalue weighted by atomic mass is 16.3. The molecule has 3 atom stereocenters. The standard InChI is InChI=1S/C54H103NO4/c1-3-5-7-9-11-13-15-17-19-20-21-22-23-24-25-26-27-28-29-30-31-32-33-35-37-39-41-43-45-47-49-53(58)54(59)55-51(50-56)52(57)48-46-44-42-40-38-36-34-18-16-14-12-10-8-6-4-2/h21-22,24-25,46,48,51-53,56-58H,3-20,23,26-45,47,49-50H2,1-2H3,(H,55,59)/b22-21-,25-24-,48-46+. The summed E-state index contributed by atoms with van der Waals surface area (Å²) in [7, 11) is 0. The third kappa shape index (κ3) is 44.4. The van der Waals surface area contributed by atoms with Gasteiger partial charge in [-0.2, -0.15) is 0 Å². The fraction of sp³-hybridized carbons (Fsp3) is 0.870. The number of aliphatic hydroxyl groups is 3. The number of aliphatic hydroxyl groups excluding tert-OH is 3. The van der Waals surface area contributed by atoms with E-state index in [2.05, 4.69) is 43.5 Å². The van der Waals surface area contributed by atoms with Gasteiger partial charge in [-0.15, -0.1) is 0 Å². The van der Waals surface area contributed by atoms with Crippen molar-refractivity contribution < 1.29 is 20.1 Å². The molecule has 0 spiro atoms. The third-order valence-corrected chi connectivity index (χ3v) is 12.2. The minimum Gasteiger partial charge on any atom is -0.394 e. The van der Waals surface area contributed by atoms with Gasteiger partial charge in [-0.3, -0.25) is 4.79 Å². The van der Waals surface area contributed by atoms with Crippen molar-refractivity contribution in [2.24, 2.45) is 0 Å². The zero-order valence-electron chi connectivity index (χ0n) is 39.6. The van der Waals surface area contributed by atoms with E-state index in [4.69, 9.17) is 0 Å². The van der Waals surface area contributed by atoms with Gasteiger partial charge in [0.1, 0.15) is 6.10 Å². The van der Waals surface area contributed by atoms with Crippen molar-refractivity contribution in [2.45, 2.75) is 295 Å². The first-order valence-electron chi connectivity index (χ1n) is 26.3. The van der Waals surface area contributed by atoms with Crippen molar-refractivity contribution >= 4 is 5.91 Å². The maximum atomic E-state index is 12.5. The van der Waals surface area contributed by atoms with Crippen LogP contribution in [0.15, 0.2) is 36.5 Å². The lowest BCUT2D eigenvalue weighted by atomic mass is 10.0. The van der Waals surface area contributed by atoms with Crippen LogP contribution in [0.4, 0.5) is 0 Å². The molecule has 0 radical (unpaired) electrons. The number of rotatable bonds is 48. The molecule has 5 nitrogen and oxygen atoms in total. The van der Waals surface area contributed by atoms with Crippen LogP contribution in [0.2, 0.25) is 0 Å². The van der Waals surface area contributed by atoms with E-state index in [1.54, 1.807) is 6.08 Å². The van der Waals surface area contributed by atoms with Gasteiger partial charge in [0.15, 0.2) is 0 Å². The van der Waals surface area contributed by atoms with Gasteiger partial charge in [0, 0.05) is 0 Å². The van der Waals surface area contributed by atoms with Crippen LogP contribution in [0.1, 0.15) is 277 Å². The molecule has 0 heterocycles. The molecule has 348 valence electrons. The quantitative estimate of drug-likeness (QED) is 0.0363. The van der Waals surface area contributed by atoms with Crippen LogP contribution in [0, 0.1) is 0 Å². The molecule has 0 aromatic rings. The summed E-state index contributed by atoms with van der Waals surface area (Å²) in [4.78, 5) is 12.5. The number of unbranched alkanes of at least 4 members (excludes halogenated alkanes) is 36. The Morgan fingerprint density at radius 3 is 1.07 bits per heavy atom. The smallest absolute Gasteiger partial charge is 0.249 e. The average Bonchev–Trinajstić information content (AvgIpc) is 3.24. The van der Waals surface area contributed by atoms with Crippen LogP contribution < -0.4 is 5.32 Å². The van der Waals surface area contributed by atoms with Gasteiger partial charge < -0.3 is 20.6 Å². The summed E-state index contributed by atoms with van der Waals surface area (Å²) in [5.74, 6) is -0.501. The van der Waals surface area contributed by atoms with Crippen LogP contribution in [0.5, 0.6) is 0 Å². The predicted octanol–water partition coefficient (Wildman–Crippen LogP) is 15.9. The molecule has 5 heteroatoms. The molecule has 0 rings (SSSR count). The lowest BCUT2D eigenvalue weighted by molar-refractivity contribution is -0.131. The van der Waals surface area contributed by atoms with Crippen LogP contribution in [0.25, 0.3) is 0 Å². The van der Waals surface area contributed by atoms with Crippen molar-refractivity contribution in [3.63, 3.8) is 0 Å². The number of hydrogen-bond donors (Lipinski definition) is 4. The Hall–Kier alpha value is -1.43. The van der Waals surface area contributed by atoms with Gasteiger partial charge >= 0.3 is 0 Å². The van der Waals surface area contributed by atoms with Gasteiger partial charge in [0.2, 0.25) is 5.91 Å². The van der Waals surface area contributed by atoms with E-state index in [-0.39, 0.29) is 6.61 Å². The minimum atomic E-state index is -1.10. The van der Waals surface area contributed by atoms with Crippen LogP contribution in [-0.4, -0.2) is 46.1 Å².